The number of nitrogens with zero attached hydrogens (tertiary/aromatic N) is 1. The molecule has 0 spiro atoms. The number of carbonyl (C=O) groups excluding carboxylic acids is 1. The molecule has 0 saturated carbocycles. The molecule has 1 atom stereocenters. The lowest BCUT2D eigenvalue weighted by molar-refractivity contribution is -0.384. The van der Waals surface area contributed by atoms with E-state index in [4.69, 9.17) is 9.47 Å². The van der Waals surface area contributed by atoms with Gasteiger partial charge in [0.1, 0.15) is 5.75 Å². The number of ether oxygens (including phenoxy) is 2. The van der Waals surface area contributed by atoms with E-state index in [0.29, 0.717) is 11.3 Å². The molecule has 1 aliphatic rings. The predicted octanol–water partition coefficient (Wildman–Crippen LogP) is 2.11. The minimum atomic E-state index is -3.98. The first-order valence-corrected chi connectivity index (χ1v) is 9.85. The molecule has 0 aromatic heterocycles. The molecule has 0 amide bonds. The summed E-state index contributed by atoms with van der Waals surface area (Å²) >= 11 is 0. The van der Waals surface area contributed by atoms with Crippen LogP contribution in [-0.4, -0.2) is 33.0 Å². The van der Waals surface area contributed by atoms with Crippen molar-refractivity contribution in [1.29, 1.82) is 0 Å². The Labute approximate surface area is 161 Å². The molecule has 3 rings (SSSR count). The van der Waals surface area contributed by atoms with Crippen LogP contribution >= 0.6 is 0 Å². The van der Waals surface area contributed by atoms with Gasteiger partial charge in [-0.05, 0) is 18.2 Å². The van der Waals surface area contributed by atoms with Gasteiger partial charge in [0.05, 0.1) is 23.5 Å². The number of nitrogens with one attached hydrogen (secondary N) is 1. The van der Waals surface area contributed by atoms with E-state index in [0.717, 1.165) is 24.3 Å². The first kappa shape index (κ1) is 19.8. The van der Waals surface area contributed by atoms with E-state index in [1.807, 2.05) is 0 Å². The number of hydrogen-bond donors (Lipinski definition) is 1. The molecule has 2 aromatic rings. The van der Waals surface area contributed by atoms with Gasteiger partial charge in [-0.3, -0.25) is 14.9 Å². The molecule has 1 saturated heterocycles. The number of nitro groups is 1. The summed E-state index contributed by atoms with van der Waals surface area (Å²) in [5, 5.41) is 10.7. The molecule has 9 nitrogen and oxygen atoms in total. The Hall–Kier alpha value is -2.98. The summed E-state index contributed by atoms with van der Waals surface area (Å²) in [6.07, 6.45) is 0.437. The molecule has 0 radical (unpaired) electrons. The number of hydrogen-bond acceptors (Lipinski definition) is 7. The van der Waals surface area contributed by atoms with Crippen molar-refractivity contribution in [1.82, 2.24) is 4.72 Å². The molecule has 148 valence electrons. The minimum absolute atomic E-state index is 0.127. The fraction of sp³-hybridized carbons (Fsp3) is 0.278. The third-order valence-electron chi connectivity index (χ3n) is 4.55. The van der Waals surface area contributed by atoms with Crippen LogP contribution in [-0.2, 0) is 25.2 Å². The molecular weight excluding hydrogens is 388 g/mol. The van der Waals surface area contributed by atoms with Crippen LogP contribution in [0.4, 0.5) is 5.69 Å². The lowest BCUT2D eigenvalue weighted by atomic mass is 9.90. The molecule has 2 aromatic carbocycles. The van der Waals surface area contributed by atoms with Gasteiger partial charge in [0.15, 0.2) is 5.60 Å². The Morgan fingerprint density at radius 2 is 1.89 bits per heavy atom. The highest BCUT2D eigenvalue weighted by atomic mass is 32.2. The van der Waals surface area contributed by atoms with Crippen LogP contribution in [0.2, 0.25) is 0 Å². The number of nitro benzene ring substituents is 1. The summed E-state index contributed by atoms with van der Waals surface area (Å²) in [5.41, 5.74) is -0.846. The molecule has 1 N–H and O–H groups in total. The van der Waals surface area contributed by atoms with Gasteiger partial charge in [-0.25, -0.2) is 13.1 Å². The number of rotatable bonds is 7. The third-order valence-corrected chi connectivity index (χ3v) is 5.96. The van der Waals surface area contributed by atoms with Gasteiger partial charge in [-0.2, -0.15) is 0 Å². The van der Waals surface area contributed by atoms with Crippen molar-refractivity contribution < 1.29 is 27.6 Å². The lowest BCUT2D eigenvalue weighted by Gasteiger charge is -2.29. The summed E-state index contributed by atoms with van der Waals surface area (Å²) in [6.45, 7) is -0.196. The highest BCUT2D eigenvalue weighted by Gasteiger charge is 2.44. The maximum atomic E-state index is 12.6. The largest absolute Gasteiger partial charge is 0.496 e. The van der Waals surface area contributed by atoms with E-state index in [1.165, 1.54) is 7.11 Å². The van der Waals surface area contributed by atoms with E-state index in [9.17, 15) is 23.3 Å². The number of para-hydroxylation sites is 1. The number of cyclic esters (lactones) is 1. The van der Waals surface area contributed by atoms with Gasteiger partial charge < -0.3 is 9.47 Å². The second-order valence-corrected chi connectivity index (χ2v) is 8.01. The monoisotopic (exact) mass is 406 g/mol. The van der Waals surface area contributed by atoms with Gasteiger partial charge in [0, 0.05) is 30.5 Å². The number of benzene rings is 2. The van der Waals surface area contributed by atoms with Crippen LogP contribution in [0, 0.1) is 10.1 Å². The SMILES string of the molecule is COc1ccccc1C1(CNS(=O)(=O)c2ccc([N+](=O)[O-])cc2)CCC(=O)O1. The zero-order valence-corrected chi connectivity index (χ0v) is 15.8. The second kappa shape index (κ2) is 7.56. The van der Waals surface area contributed by atoms with Crippen molar-refractivity contribution in [2.24, 2.45) is 0 Å². The molecule has 1 heterocycles. The molecular formula is C18H18N2O7S. The van der Waals surface area contributed by atoms with Crippen molar-refractivity contribution in [3.8, 4) is 5.75 Å². The van der Waals surface area contributed by atoms with Crippen LogP contribution in [0.3, 0.4) is 0 Å². The lowest BCUT2D eigenvalue weighted by Crippen LogP contribution is -2.41. The maximum Gasteiger partial charge on any atom is 0.306 e. The van der Waals surface area contributed by atoms with Crippen LogP contribution in [0.1, 0.15) is 18.4 Å². The van der Waals surface area contributed by atoms with E-state index >= 15 is 0 Å². The Balaban J connectivity index is 1.88. The van der Waals surface area contributed by atoms with Gasteiger partial charge >= 0.3 is 5.97 Å². The molecule has 10 heteroatoms. The number of esters is 1. The third kappa shape index (κ3) is 3.82. The topological polar surface area (TPSA) is 125 Å². The van der Waals surface area contributed by atoms with Crippen molar-refractivity contribution in [2.75, 3.05) is 13.7 Å². The number of carbonyl (C=O) groups is 1. The zero-order valence-electron chi connectivity index (χ0n) is 15.0. The van der Waals surface area contributed by atoms with E-state index in [1.54, 1.807) is 24.3 Å². The molecule has 28 heavy (non-hydrogen) atoms. The fourth-order valence-corrected chi connectivity index (χ4v) is 4.18. The maximum absolute atomic E-state index is 12.6. The average molecular weight is 406 g/mol. The van der Waals surface area contributed by atoms with Crippen LogP contribution in [0.15, 0.2) is 53.4 Å². The summed E-state index contributed by atoms with van der Waals surface area (Å²) in [7, 11) is -2.50. The predicted molar refractivity (Wildman–Crippen MR) is 98.3 cm³/mol. The average Bonchev–Trinajstić information content (AvgIpc) is 3.08. The molecule has 0 aliphatic carbocycles. The van der Waals surface area contributed by atoms with E-state index in [2.05, 4.69) is 4.72 Å². The normalized spacial score (nSPS) is 19.2. The Bertz CT molecular complexity index is 1000. The van der Waals surface area contributed by atoms with Gasteiger partial charge in [-0.15, -0.1) is 0 Å². The van der Waals surface area contributed by atoms with Crippen LogP contribution < -0.4 is 9.46 Å². The Morgan fingerprint density at radius 1 is 1.21 bits per heavy atom. The van der Waals surface area contributed by atoms with Gasteiger partial charge in [0.25, 0.3) is 5.69 Å². The first-order valence-electron chi connectivity index (χ1n) is 8.37. The summed E-state index contributed by atoms with van der Waals surface area (Å²) in [4.78, 5) is 21.8. The van der Waals surface area contributed by atoms with Gasteiger partial charge in [-0.1, -0.05) is 18.2 Å². The number of sulfonamides is 1. The second-order valence-electron chi connectivity index (χ2n) is 6.24. The van der Waals surface area contributed by atoms with Crippen molar-refractivity contribution in [3.63, 3.8) is 0 Å². The number of methoxy groups -OCH3 is 1. The van der Waals surface area contributed by atoms with Crippen molar-refractivity contribution in [2.45, 2.75) is 23.3 Å². The van der Waals surface area contributed by atoms with Crippen LogP contribution in [0.5, 0.6) is 5.75 Å². The van der Waals surface area contributed by atoms with Gasteiger partial charge in [0.2, 0.25) is 10.0 Å². The number of non-ortho nitro benzene ring substituents is 1. The highest BCUT2D eigenvalue weighted by molar-refractivity contribution is 7.89. The van der Waals surface area contributed by atoms with Crippen molar-refractivity contribution >= 4 is 21.7 Å². The summed E-state index contributed by atoms with van der Waals surface area (Å²) in [5.74, 6) is 0.0483. The molecule has 1 fully saturated rings. The smallest absolute Gasteiger partial charge is 0.306 e. The van der Waals surface area contributed by atoms with E-state index in [-0.39, 0.29) is 30.0 Å². The van der Waals surface area contributed by atoms with Crippen molar-refractivity contribution in [3.05, 3.63) is 64.2 Å². The quantitative estimate of drug-likeness (QED) is 0.424. The Morgan fingerprint density at radius 3 is 2.46 bits per heavy atom. The Kier molecular flexibility index (Phi) is 5.34. The fourth-order valence-electron chi connectivity index (χ4n) is 3.10. The molecule has 1 unspecified atom stereocenters. The molecule has 0 bridgehead atoms. The first-order chi connectivity index (χ1) is 13.3. The summed E-state index contributed by atoms with van der Waals surface area (Å²) in [6, 6.07) is 11.4. The zero-order chi connectivity index (χ0) is 20.4. The summed E-state index contributed by atoms with van der Waals surface area (Å²) < 4.78 is 38.6. The highest BCUT2D eigenvalue weighted by Crippen LogP contribution is 2.41. The molecule has 1 aliphatic heterocycles. The van der Waals surface area contributed by atoms with Crippen LogP contribution in [0.25, 0.3) is 0 Å². The van der Waals surface area contributed by atoms with E-state index < -0.39 is 26.5 Å². The standard InChI is InChI=1S/C18H18N2O7S/c1-26-16-5-3-2-4-15(16)18(11-10-17(21)27-18)12-19-28(24,25)14-8-6-13(7-9-14)20(22)23/h2-9,19H,10-12H2,1H3. The minimum Gasteiger partial charge on any atom is -0.496 e.